The fraction of sp³-hybridized carbons (Fsp3) is 0.444. The quantitative estimate of drug-likeness (QED) is 0.621. The van der Waals surface area contributed by atoms with Crippen molar-refractivity contribution in [3.8, 4) is 0 Å². The Kier molecular flexibility index (Phi) is 6.83. The fourth-order valence-corrected chi connectivity index (χ4v) is 2.31. The standard InChI is InChI=1S/C18H25NO3/c1-12(2)11-16(17(13(3)4)22-14(5)20)19-18(21)15-9-7-6-8-10-15/h6-10,12,16-17H,3,11H2,1-2,4-5H3,(H,19,21)/t16-,17?/m0/s1. The zero-order valence-corrected chi connectivity index (χ0v) is 13.8. The summed E-state index contributed by atoms with van der Waals surface area (Å²) in [5, 5.41) is 2.97. The Balaban J connectivity index is 2.93. The van der Waals surface area contributed by atoms with Gasteiger partial charge in [-0.15, -0.1) is 0 Å². The van der Waals surface area contributed by atoms with Gasteiger partial charge in [-0.05, 0) is 37.0 Å². The van der Waals surface area contributed by atoms with Gasteiger partial charge in [0.15, 0.2) is 0 Å². The number of rotatable bonds is 7. The topological polar surface area (TPSA) is 55.4 Å². The predicted octanol–water partition coefficient (Wildman–Crippen LogP) is 3.34. The molecule has 4 heteroatoms. The van der Waals surface area contributed by atoms with Gasteiger partial charge in [0.2, 0.25) is 0 Å². The van der Waals surface area contributed by atoms with Crippen LogP contribution in [0.3, 0.4) is 0 Å². The summed E-state index contributed by atoms with van der Waals surface area (Å²) in [6, 6.07) is 8.70. The molecule has 0 bridgehead atoms. The van der Waals surface area contributed by atoms with Crippen LogP contribution in [-0.4, -0.2) is 24.0 Å². The second-order valence-corrected chi connectivity index (χ2v) is 5.95. The molecule has 120 valence electrons. The zero-order chi connectivity index (χ0) is 16.7. The average Bonchev–Trinajstić information content (AvgIpc) is 2.44. The van der Waals surface area contributed by atoms with Crippen LogP contribution in [0.25, 0.3) is 0 Å². The molecule has 0 saturated carbocycles. The van der Waals surface area contributed by atoms with Gasteiger partial charge in [0.05, 0.1) is 6.04 Å². The molecule has 0 fully saturated rings. The summed E-state index contributed by atoms with van der Waals surface area (Å²) in [6.07, 6.45) is 0.177. The van der Waals surface area contributed by atoms with E-state index in [-0.39, 0.29) is 17.9 Å². The van der Waals surface area contributed by atoms with E-state index in [0.29, 0.717) is 23.5 Å². The third-order valence-corrected chi connectivity index (χ3v) is 3.22. The molecule has 0 spiro atoms. The van der Waals surface area contributed by atoms with Crippen LogP contribution in [0.4, 0.5) is 0 Å². The van der Waals surface area contributed by atoms with Crippen LogP contribution < -0.4 is 5.32 Å². The lowest BCUT2D eigenvalue weighted by atomic mass is 9.95. The fourth-order valence-electron chi connectivity index (χ4n) is 2.31. The monoisotopic (exact) mass is 303 g/mol. The molecule has 0 heterocycles. The van der Waals surface area contributed by atoms with Gasteiger partial charge in [-0.2, -0.15) is 0 Å². The van der Waals surface area contributed by atoms with Crippen molar-refractivity contribution in [3.63, 3.8) is 0 Å². The molecule has 0 aliphatic carbocycles. The van der Waals surface area contributed by atoms with Crippen molar-refractivity contribution in [2.24, 2.45) is 5.92 Å². The molecule has 1 unspecified atom stereocenters. The maximum Gasteiger partial charge on any atom is 0.303 e. The average molecular weight is 303 g/mol. The molecule has 2 atom stereocenters. The number of nitrogens with one attached hydrogen (secondary N) is 1. The molecule has 4 nitrogen and oxygen atoms in total. The minimum absolute atomic E-state index is 0.176. The SMILES string of the molecule is C=C(C)C(OC(C)=O)[C@H](CC(C)C)NC(=O)c1ccccc1. The van der Waals surface area contributed by atoms with E-state index >= 15 is 0 Å². The van der Waals surface area contributed by atoms with Gasteiger partial charge in [0, 0.05) is 12.5 Å². The molecule has 0 saturated heterocycles. The lowest BCUT2D eigenvalue weighted by molar-refractivity contribution is -0.146. The molecule has 1 aromatic carbocycles. The molecule has 1 amide bonds. The molecule has 0 aliphatic heterocycles. The van der Waals surface area contributed by atoms with Crippen molar-refractivity contribution in [2.75, 3.05) is 0 Å². The van der Waals surface area contributed by atoms with Gasteiger partial charge in [0.1, 0.15) is 6.10 Å². The van der Waals surface area contributed by atoms with Gasteiger partial charge in [-0.3, -0.25) is 9.59 Å². The highest BCUT2D eigenvalue weighted by molar-refractivity contribution is 5.94. The molecule has 22 heavy (non-hydrogen) atoms. The van der Waals surface area contributed by atoms with Gasteiger partial charge in [-0.25, -0.2) is 0 Å². The minimum Gasteiger partial charge on any atom is -0.456 e. The van der Waals surface area contributed by atoms with E-state index in [2.05, 4.69) is 25.7 Å². The van der Waals surface area contributed by atoms with E-state index in [4.69, 9.17) is 4.74 Å². The number of benzene rings is 1. The third-order valence-electron chi connectivity index (χ3n) is 3.22. The number of hydrogen-bond donors (Lipinski definition) is 1. The van der Waals surface area contributed by atoms with Crippen molar-refractivity contribution in [3.05, 3.63) is 48.0 Å². The van der Waals surface area contributed by atoms with Crippen molar-refractivity contribution in [2.45, 2.75) is 46.3 Å². The summed E-state index contributed by atoms with van der Waals surface area (Å²) in [5.74, 6) is -0.209. The molecule has 0 aromatic heterocycles. The maximum atomic E-state index is 12.4. The highest BCUT2D eigenvalue weighted by Gasteiger charge is 2.27. The Bertz CT molecular complexity index is 522. The minimum atomic E-state index is -0.521. The number of carbonyl (C=O) groups is 2. The van der Waals surface area contributed by atoms with Gasteiger partial charge in [-0.1, -0.05) is 38.6 Å². The van der Waals surface area contributed by atoms with E-state index < -0.39 is 6.10 Å². The highest BCUT2D eigenvalue weighted by Crippen LogP contribution is 2.17. The Labute approximate surface area is 132 Å². The van der Waals surface area contributed by atoms with E-state index in [0.717, 1.165) is 0 Å². The summed E-state index contributed by atoms with van der Waals surface area (Å²) in [7, 11) is 0. The summed E-state index contributed by atoms with van der Waals surface area (Å²) >= 11 is 0. The normalized spacial score (nSPS) is 13.3. The van der Waals surface area contributed by atoms with Crippen LogP contribution in [0.1, 0.15) is 44.5 Å². The van der Waals surface area contributed by atoms with E-state index in [1.54, 1.807) is 19.1 Å². The Morgan fingerprint density at radius 2 is 1.77 bits per heavy atom. The molecule has 1 rings (SSSR count). The Morgan fingerprint density at radius 1 is 1.18 bits per heavy atom. The van der Waals surface area contributed by atoms with Crippen molar-refractivity contribution >= 4 is 11.9 Å². The predicted molar refractivity (Wildman–Crippen MR) is 87.5 cm³/mol. The number of carbonyl (C=O) groups excluding carboxylic acids is 2. The number of ether oxygens (including phenoxy) is 1. The van der Waals surface area contributed by atoms with Crippen molar-refractivity contribution < 1.29 is 14.3 Å². The Hall–Kier alpha value is -2.10. The largest absolute Gasteiger partial charge is 0.456 e. The lowest BCUT2D eigenvalue weighted by Crippen LogP contribution is -2.46. The van der Waals surface area contributed by atoms with Crippen LogP contribution in [0, 0.1) is 5.92 Å². The van der Waals surface area contributed by atoms with Crippen molar-refractivity contribution in [1.82, 2.24) is 5.32 Å². The number of hydrogen-bond acceptors (Lipinski definition) is 3. The molecular formula is C18H25NO3. The van der Waals surface area contributed by atoms with Crippen LogP contribution in [-0.2, 0) is 9.53 Å². The smallest absolute Gasteiger partial charge is 0.303 e. The second kappa shape index (κ2) is 8.37. The summed E-state index contributed by atoms with van der Waals surface area (Å²) in [4.78, 5) is 23.7. The highest BCUT2D eigenvalue weighted by atomic mass is 16.5. The third kappa shape index (κ3) is 5.72. The first-order valence-corrected chi connectivity index (χ1v) is 7.49. The first-order chi connectivity index (χ1) is 10.3. The molecule has 0 aliphatic rings. The lowest BCUT2D eigenvalue weighted by Gasteiger charge is -2.29. The first kappa shape index (κ1) is 18.0. The second-order valence-electron chi connectivity index (χ2n) is 5.95. The van der Waals surface area contributed by atoms with Crippen LogP contribution in [0.15, 0.2) is 42.5 Å². The Morgan fingerprint density at radius 3 is 2.23 bits per heavy atom. The van der Waals surface area contributed by atoms with Crippen LogP contribution in [0.2, 0.25) is 0 Å². The van der Waals surface area contributed by atoms with E-state index in [9.17, 15) is 9.59 Å². The molecule has 1 aromatic rings. The maximum absolute atomic E-state index is 12.4. The first-order valence-electron chi connectivity index (χ1n) is 7.49. The number of amides is 1. The van der Waals surface area contributed by atoms with Crippen molar-refractivity contribution in [1.29, 1.82) is 0 Å². The summed E-state index contributed by atoms with van der Waals surface area (Å²) < 4.78 is 5.36. The summed E-state index contributed by atoms with van der Waals surface area (Å²) in [6.45, 7) is 11.2. The summed E-state index contributed by atoms with van der Waals surface area (Å²) in [5.41, 5.74) is 1.30. The van der Waals surface area contributed by atoms with E-state index in [1.807, 2.05) is 18.2 Å². The molecule has 0 radical (unpaired) electrons. The zero-order valence-electron chi connectivity index (χ0n) is 13.8. The molecular weight excluding hydrogens is 278 g/mol. The van der Waals surface area contributed by atoms with Crippen LogP contribution >= 0.6 is 0 Å². The molecule has 1 N–H and O–H groups in total. The van der Waals surface area contributed by atoms with Gasteiger partial charge in [0.25, 0.3) is 5.91 Å². The number of esters is 1. The van der Waals surface area contributed by atoms with Gasteiger partial charge < -0.3 is 10.1 Å². The van der Waals surface area contributed by atoms with E-state index in [1.165, 1.54) is 6.92 Å². The van der Waals surface area contributed by atoms with Gasteiger partial charge >= 0.3 is 5.97 Å². The van der Waals surface area contributed by atoms with Crippen LogP contribution in [0.5, 0.6) is 0 Å².